The third kappa shape index (κ3) is 1.20. The minimum atomic E-state index is 0.611. The van der Waals surface area contributed by atoms with Gasteiger partial charge in [0, 0.05) is 6.54 Å². The molecular formula is C17H15N. The Kier molecular flexibility index (Phi) is 2.00. The molecule has 2 aliphatic carbocycles. The van der Waals surface area contributed by atoms with Crippen LogP contribution < -0.4 is 5.73 Å². The van der Waals surface area contributed by atoms with Crippen LogP contribution in [0.1, 0.15) is 28.7 Å². The van der Waals surface area contributed by atoms with E-state index in [9.17, 15) is 0 Å². The van der Waals surface area contributed by atoms with Gasteiger partial charge < -0.3 is 5.73 Å². The summed E-state index contributed by atoms with van der Waals surface area (Å²) in [6.07, 6.45) is 9.01. The average molecular weight is 233 g/mol. The van der Waals surface area contributed by atoms with Gasteiger partial charge in [0.1, 0.15) is 0 Å². The molecule has 0 bridgehead atoms. The van der Waals surface area contributed by atoms with Crippen molar-refractivity contribution in [2.75, 3.05) is 0 Å². The zero-order valence-corrected chi connectivity index (χ0v) is 10.2. The van der Waals surface area contributed by atoms with Crippen LogP contribution in [-0.4, -0.2) is 0 Å². The summed E-state index contributed by atoms with van der Waals surface area (Å²) in [5, 5.41) is 2.79. The van der Waals surface area contributed by atoms with E-state index in [0.717, 1.165) is 12.8 Å². The first-order chi connectivity index (χ1) is 8.88. The Morgan fingerprint density at radius 2 is 2.11 bits per heavy atom. The molecule has 0 radical (unpaired) electrons. The molecule has 0 spiro atoms. The summed E-state index contributed by atoms with van der Waals surface area (Å²) in [5.41, 5.74) is 12.9. The standard InChI is InChI=1S/C17H15N/c18-10-14-9-13-5-1-3-11-7-8-12-4-2-6-15(14)17(12)16(11)13/h1-3,5-6,8-9H,4,7,10,18H2. The van der Waals surface area contributed by atoms with Gasteiger partial charge in [-0.1, -0.05) is 36.4 Å². The molecule has 4 rings (SSSR count). The molecule has 0 unspecified atom stereocenters. The van der Waals surface area contributed by atoms with Crippen LogP contribution in [0.4, 0.5) is 0 Å². The van der Waals surface area contributed by atoms with Crippen molar-refractivity contribution in [1.29, 1.82) is 0 Å². The summed E-state index contributed by atoms with van der Waals surface area (Å²) in [6, 6.07) is 8.87. The maximum Gasteiger partial charge on any atom is 0.0184 e. The highest BCUT2D eigenvalue weighted by Crippen LogP contribution is 2.41. The highest BCUT2D eigenvalue weighted by Gasteiger charge is 2.21. The molecule has 2 aromatic carbocycles. The van der Waals surface area contributed by atoms with Crippen molar-refractivity contribution in [3.8, 4) is 0 Å². The summed E-state index contributed by atoms with van der Waals surface area (Å²) in [4.78, 5) is 0. The van der Waals surface area contributed by atoms with Gasteiger partial charge in [-0.3, -0.25) is 0 Å². The van der Waals surface area contributed by atoms with E-state index in [-0.39, 0.29) is 0 Å². The molecule has 1 nitrogen and oxygen atoms in total. The molecule has 0 aromatic heterocycles. The molecule has 0 fully saturated rings. The van der Waals surface area contributed by atoms with E-state index in [1.807, 2.05) is 0 Å². The molecule has 0 saturated heterocycles. The van der Waals surface area contributed by atoms with Crippen LogP contribution in [0.5, 0.6) is 0 Å². The van der Waals surface area contributed by atoms with E-state index in [1.54, 1.807) is 0 Å². The van der Waals surface area contributed by atoms with E-state index in [2.05, 4.69) is 42.5 Å². The van der Waals surface area contributed by atoms with Gasteiger partial charge in [-0.2, -0.15) is 0 Å². The summed E-state index contributed by atoms with van der Waals surface area (Å²) in [6.45, 7) is 0.611. The Balaban J connectivity index is 2.24. The summed E-state index contributed by atoms with van der Waals surface area (Å²) in [7, 11) is 0. The molecule has 2 aliphatic rings. The first kappa shape index (κ1) is 10.1. The van der Waals surface area contributed by atoms with Crippen molar-refractivity contribution >= 4 is 22.4 Å². The predicted octanol–water partition coefficient (Wildman–Crippen LogP) is 3.65. The minimum absolute atomic E-state index is 0.611. The van der Waals surface area contributed by atoms with Gasteiger partial charge in [0.15, 0.2) is 0 Å². The molecule has 2 N–H and O–H groups in total. The van der Waals surface area contributed by atoms with Gasteiger partial charge >= 0.3 is 0 Å². The smallest absolute Gasteiger partial charge is 0.0184 e. The van der Waals surface area contributed by atoms with Gasteiger partial charge in [0.25, 0.3) is 0 Å². The van der Waals surface area contributed by atoms with Crippen LogP contribution in [0.25, 0.3) is 22.4 Å². The highest BCUT2D eigenvalue weighted by molar-refractivity contribution is 6.03. The molecule has 0 saturated carbocycles. The van der Waals surface area contributed by atoms with Crippen molar-refractivity contribution in [3.63, 3.8) is 0 Å². The van der Waals surface area contributed by atoms with Gasteiger partial charge in [-0.15, -0.1) is 0 Å². The topological polar surface area (TPSA) is 26.0 Å². The normalized spacial score (nSPS) is 15.9. The lowest BCUT2D eigenvalue weighted by Gasteiger charge is -2.25. The second-order valence-corrected chi connectivity index (χ2v) is 5.08. The van der Waals surface area contributed by atoms with E-state index in [1.165, 1.54) is 38.6 Å². The molecule has 2 aromatic rings. The molecule has 0 heterocycles. The molecular weight excluding hydrogens is 218 g/mol. The van der Waals surface area contributed by atoms with Gasteiger partial charge in [0.2, 0.25) is 0 Å². The van der Waals surface area contributed by atoms with E-state index in [0.29, 0.717) is 6.54 Å². The predicted molar refractivity (Wildman–Crippen MR) is 77.2 cm³/mol. The number of hydrogen-bond donors (Lipinski definition) is 1. The van der Waals surface area contributed by atoms with Gasteiger partial charge in [0.05, 0.1) is 0 Å². The van der Waals surface area contributed by atoms with Crippen molar-refractivity contribution in [2.45, 2.75) is 19.4 Å². The summed E-state index contributed by atoms with van der Waals surface area (Å²) < 4.78 is 0. The molecule has 0 atom stereocenters. The minimum Gasteiger partial charge on any atom is -0.326 e. The van der Waals surface area contributed by atoms with E-state index < -0.39 is 0 Å². The highest BCUT2D eigenvalue weighted by atomic mass is 14.5. The summed E-state index contributed by atoms with van der Waals surface area (Å²) in [5.74, 6) is 0. The van der Waals surface area contributed by atoms with Gasteiger partial charge in [-0.05, 0) is 57.5 Å². The zero-order valence-electron chi connectivity index (χ0n) is 10.2. The average Bonchev–Trinajstić information content (AvgIpc) is 2.44. The van der Waals surface area contributed by atoms with Crippen LogP contribution in [-0.2, 0) is 13.0 Å². The number of nitrogens with two attached hydrogens (primary N) is 1. The van der Waals surface area contributed by atoms with Crippen LogP contribution in [0.15, 0.2) is 36.4 Å². The maximum absolute atomic E-state index is 5.91. The third-order valence-electron chi connectivity index (χ3n) is 4.11. The van der Waals surface area contributed by atoms with Gasteiger partial charge in [-0.25, -0.2) is 0 Å². The lowest BCUT2D eigenvalue weighted by molar-refractivity contribution is 1.06. The van der Waals surface area contributed by atoms with E-state index in [4.69, 9.17) is 5.73 Å². The number of rotatable bonds is 1. The Morgan fingerprint density at radius 3 is 3.00 bits per heavy atom. The van der Waals surface area contributed by atoms with Crippen LogP contribution in [0.2, 0.25) is 0 Å². The van der Waals surface area contributed by atoms with Crippen LogP contribution in [0, 0.1) is 0 Å². The zero-order chi connectivity index (χ0) is 12.1. The first-order valence-corrected chi connectivity index (χ1v) is 6.52. The second-order valence-electron chi connectivity index (χ2n) is 5.08. The molecule has 0 amide bonds. The van der Waals surface area contributed by atoms with Crippen molar-refractivity contribution in [3.05, 3.63) is 58.7 Å². The second kappa shape index (κ2) is 3.56. The Morgan fingerprint density at radius 1 is 1.17 bits per heavy atom. The Hall–Kier alpha value is -1.86. The number of hydrogen-bond acceptors (Lipinski definition) is 1. The Bertz CT molecular complexity index is 720. The quantitative estimate of drug-likeness (QED) is 0.799. The molecule has 18 heavy (non-hydrogen) atoms. The monoisotopic (exact) mass is 233 g/mol. The lowest BCUT2D eigenvalue weighted by Crippen LogP contribution is -2.08. The summed E-state index contributed by atoms with van der Waals surface area (Å²) >= 11 is 0. The van der Waals surface area contributed by atoms with E-state index >= 15 is 0 Å². The molecule has 1 heteroatoms. The van der Waals surface area contributed by atoms with Crippen LogP contribution in [0.3, 0.4) is 0 Å². The molecule has 88 valence electrons. The fourth-order valence-corrected chi connectivity index (χ4v) is 3.29. The SMILES string of the molecule is NCc1cc2cccc3c2c2c1C=CCC2=CC3. The first-order valence-electron chi connectivity index (χ1n) is 6.52. The van der Waals surface area contributed by atoms with Crippen molar-refractivity contribution < 1.29 is 0 Å². The van der Waals surface area contributed by atoms with Crippen LogP contribution >= 0.6 is 0 Å². The maximum atomic E-state index is 5.91. The van der Waals surface area contributed by atoms with Crippen molar-refractivity contribution in [1.82, 2.24) is 0 Å². The third-order valence-corrected chi connectivity index (χ3v) is 4.11. The molecule has 0 aliphatic heterocycles. The van der Waals surface area contributed by atoms with Crippen molar-refractivity contribution in [2.24, 2.45) is 5.73 Å². The fraction of sp³-hybridized carbons (Fsp3) is 0.176. The number of benzene rings is 2. The largest absolute Gasteiger partial charge is 0.326 e. The fourth-order valence-electron chi connectivity index (χ4n) is 3.29. The Labute approximate surface area is 107 Å². The number of allylic oxidation sites excluding steroid dienone is 3. The lowest BCUT2D eigenvalue weighted by atomic mass is 9.79.